The number of thiophene rings is 1. The van der Waals surface area contributed by atoms with Gasteiger partial charge in [-0.3, -0.25) is 0 Å². The average Bonchev–Trinajstić information content (AvgIpc) is 2.96. The number of aliphatic imine (C=N–C) groups is 1. The molecular weight excluding hydrogens is 324 g/mol. The number of aryl methyl sites for hydroxylation is 1. The molecule has 1 N–H and O–H groups in total. The fourth-order valence-corrected chi connectivity index (χ4v) is 3.90. The van der Waals surface area contributed by atoms with Crippen molar-refractivity contribution in [3.05, 3.63) is 45.8 Å². The SMILES string of the molecule is N#Cc1c(N=Cc2cccc(OCC(=O)O)c2)sc2c1CCCC2. The molecule has 0 unspecified atom stereocenters. The summed E-state index contributed by atoms with van der Waals surface area (Å²) >= 11 is 1.59. The molecule has 1 aliphatic carbocycles. The van der Waals surface area contributed by atoms with E-state index in [1.54, 1.807) is 35.8 Å². The summed E-state index contributed by atoms with van der Waals surface area (Å²) in [5.41, 5.74) is 2.66. The number of benzene rings is 1. The number of aliphatic carboxylic acids is 1. The van der Waals surface area contributed by atoms with E-state index < -0.39 is 5.97 Å². The van der Waals surface area contributed by atoms with Crippen molar-refractivity contribution in [3.63, 3.8) is 0 Å². The van der Waals surface area contributed by atoms with Gasteiger partial charge in [-0.25, -0.2) is 9.79 Å². The molecule has 0 bridgehead atoms. The van der Waals surface area contributed by atoms with Gasteiger partial charge in [0.15, 0.2) is 6.61 Å². The predicted molar refractivity (Wildman–Crippen MR) is 92.5 cm³/mol. The molecule has 0 aliphatic heterocycles. The van der Waals surface area contributed by atoms with Crippen LogP contribution < -0.4 is 4.74 Å². The normalized spacial score (nSPS) is 13.5. The largest absolute Gasteiger partial charge is 0.482 e. The minimum absolute atomic E-state index is 0.378. The molecule has 1 aliphatic rings. The van der Waals surface area contributed by atoms with Crippen molar-refractivity contribution < 1.29 is 14.6 Å². The number of ether oxygens (including phenoxy) is 1. The number of fused-ring (bicyclic) bond motifs is 1. The summed E-state index contributed by atoms with van der Waals surface area (Å²) in [5.74, 6) is -0.538. The standard InChI is InChI=1S/C18H16N2O3S/c19-9-15-14-6-1-2-7-16(14)24-18(15)20-10-12-4-3-5-13(8-12)23-11-17(21)22/h3-5,8,10H,1-2,6-7,11H2,(H,21,22). The first-order valence-electron chi connectivity index (χ1n) is 7.70. The highest BCUT2D eigenvalue weighted by atomic mass is 32.1. The summed E-state index contributed by atoms with van der Waals surface area (Å²) in [6.07, 6.45) is 5.98. The molecule has 5 nitrogen and oxygen atoms in total. The molecule has 0 amide bonds. The lowest BCUT2D eigenvalue weighted by Crippen LogP contribution is -2.09. The van der Waals surface area contributed by atoms with E-state index in [1.165, 1.54) is 16.9 Å². The Morgan fingerprint density at radius 2 is 2.25 bits per heavy atom. The Morgan fingerprint density at radius 3 is 3.04 bits per heavy atom. The van der Waals surface area contributed by atoms with Crippen LogP contribution in [0, 0.1) is 11.3 Å². The minimum Gasteiger partial charge on any atom is -0.482 e. The van der Waals surface area contributed by atoms with E-state index in [1.807, 2.05) is 6.07 Å². The molecule has 24 heavy (non-hydrogen) atoms. The second-order valence-electron chi connectivity index (χ2n) is 5.52. The zero-order valence-electron chi connectivity index (χ0n) is 13.0. The molecule has 0 fully saturated rings. The number of hydrogen-bond donors (Lipinski definition) is 1. The van der Waals surface area contributed by atoms with Crippen molar-refractivity contribution in [2.24, 2.45) is 4.99 Å². The van der Waals surface area contributed by atoms with E-state index in [9.17, 15) is 10.1 Å². The maximum atomic E-state index is 10.6. The molecule has 1 aromatic heterocycles. The van der Waals surface area contributed by atoms with E-state index >= 15 is 0 Å². The second kappa shape index (κ2) is 7.28. The highest BCUT2D eigenvalue weighted by molar-refractivity contribution is 7.16. The first kappa shape index (κ1) is 16.2. The Kier molecular flexibility index (Phi) is 4.92. The zero-order chi connectivity index (χ0) is 16.9. The van der Waals surface area contributed by atoms with Crippen LogP contribution in [0.2, 0.25) is 0 Å². The number of carboxylic acid groups (broad SMARTS) is 1. The van der Waals surface area contributed by atoms with Gasteiger partial charge in [0.2, 0.25) is 0 Å². The number of rotatable bonds is 5. The quantitative estimate of drug-likeness (QED) is 0.841. The number of hydrogen-bond acceptors (Lipinski definition) is 5. The number of carboxylic acids is 1. The third kappa shape index (κ3) is 3.63. The monoisotopic (exact) mass is 340 g/mol. The van der Waals surface area contributed by atoms with Gasteiger partial charge in [0.1, 0.15) is 16.8 Å². The summed E-state index contributed by atoms with van der Waals surface area (Å²) in [7, 11) is 0. The molecule has 2 aromatic rings. The molecule has 0 atom stereocenters. The maximum Gasteiger partial charge on any atom is 0.341 e. The third-order valence-corrected chi connectivity index (χ3v) is 5.02. The van der Waals surface area contributed by atoms with Gasteiger partial charge in [-0.15, -0.1) is 11.3 Å². The third-order valence-electron chi connectivity index (χ3n) is 3.82. The van der Waals surface area contributed by atoms with E-state index in [4.69, 9.17) is 9.84 Å². The van der Waals surface area contributed by atoms with Gasteiger partial charge in [0, 0.05) is 11.1 Å². The lowest BCUT2D eigenvalue weighted by Gasteiger charge is -2.09. The van der Waals surface area contributed by atoms with Gasteiger partial charge in [0.05, 0.1) is 5.56 Å². The van der Waals surface area contributed by atoms with E-state index in [0.717, 1.165) is 29.8 Å². The van der Waals surface area contributed by atoms with E-state index in [-0.39, 0.29) is 6.61 Å². The second-order valence-corrected chi connectivity index (χ2v) is 6.60. The Bertz CT molecular complexity index is 833. The van der Waals surface area contributed by atoms with Gasteiger partial charge in [-0.05, 0) is 48.9 Å². The van der Waals surface area contributed by atoms with Gasteiger partial charge in [-0.2, -0.15) is 5.26 Å². The van der Waals surface area contributed by atoms with Crippen LogP contribution in [-0.2, 0) is 17.6 Å². The van der Waals surface area contributed by atoms with Crippen molar-refractivity contribution in [3.8, 4) is 11.8 Å². The van der Waals surface area contributed by atoms with Crippen molar-refractivity contribution in [2.45, 2.75) is 25.7 Å². The number of nitriles is 1. The number of nitrogens with zero attached hydrogens (tertiary/aromatic N) is 2. The molecule has 3 rings (SSSR count). The van der Waals surface area contributed by atoms with Gasteiger partial charge < -0.3 is 9.84 Å². The Hall–Kier alpha value is -2.65. The molecule has 122 valence electrons. The molecule has 0 saturated carbocycles. The van der Waals surface area contributed by atoms with Crippen LogP contribution in [0.3, 0.4) is 0 Å². The molecule has 1 aromatic carbocycles. The Balaban J connectivity index is 1.81. The van der Waals surface area contributed by atoms with Crippen LogP contribution in [0.1, 0.15) is 34.4 Å². The molecule has 0 radical (unpaired) electrons. The Morgan fingerprint density at radius 1 is 1.42 bits per heavy atom. The summed E-state index contributed by atoms with van der Waals surface area (Å²) < 4.78 is 5.16. The fourth-order valence-electron chi connectivity index (χ4n) is 2.72. The van der Waals surface area contributed by atoms with E-state index in [2.05, 4.69) is 11.1 Å². The molecule has 6 heteroatoms. The molecule has 1 heterocycles. The number of carbonyl (C=O) groups is 1. The summed E-state index contributed by atoms with van der Waals surface area (Å²) in [6.45, 7) is -0.378. The zero-order valence-corrected chi connectivity index (χ0v) is 13.8. The van der Waals surface area contributed by atoms with Crippen molar-refractivity contribution in [2.75, 3.05) is 6.61 Å². The summed E-state index contributed by atoms with van der Waals surface area (Å²) in [5, 5.41) is 18.8. The summed E-state index contributed by atoms with van der Waals surface area (Å²) in [6, 6.07) is 9.36. The van der Waals surface area contributed by atoms with Crippen LogP contribution >= 0.6 is 11.3 Å². The highest BCUT2D eigenvalue weighted by Gasteiger charge is 2.20. The Labute approximate surface area is 143 Å². The lowest BCUT2D eigenvalue weighted by molar-refractivity contribution is -0.139. The smallest absolute Gasteiger partial charge is 0.341 e. The molecular formula is C18H16N2O3S. The van der Waals surface area contributed by atoms with Crippen molar-refractivity contribution >= 4 is 28.5 Å². The predicted octanol–water partition coefficient (Wildman–Crippen LogP) is 3.71. The maximum absolute atomic E-state index is 10.6. The fraction of sp³-hybridized carbons (Fsp3) is 0.278. The van der Waals surface area contributed by atoms with Gasteiger partial charge in [-0.1, -0.05) is 12.1 Å². The highest BCUT2D eigenvalue weighted by Crippen LogP contribution is 2.39. The topological polar surface area (TPSA) is 82.7 Å². The van der Waals surface area contributed by atoms with Crippen LogP contribution in [0.25, 0.3) is 0 Å². The first-order chi connectivity index (χ1) is 11.7. The minimum atomic E-state index is -1.02. The molecule has 0 saturated heterocycles. The lowest BCUT2D eigenvalue weighted by atomic mass is 9.96. The average molecular weight is 340 g/mol. The van der Waals surface area contributed by atoms with Crippen LogP contribution in [-0.4, -0.2) is 23.9 Å². The first-order valence-corrected chi connectivity index (χ1v) is 8.52. The summed E-state index contributed by atoms with van der Waals surface area (Å²) in [4.78, 5) is 16.3. The van der Waals surface area contributed by atoms with Crippen LogP contribution in [0.5, 0.6) is 5.75 Å². The van der Waals surface area contributed by atoms with E-state index in [0.29, 0.717) is 11.3 Å². The van der Waals surface area contributed by atoms with Gasteiger partial charge >= 0.3 is 5.97 Å². The van der Waals surface area contributed by atoms with Crippen LogP contribution in [0.4, 0.5) is 5.00 Å². The van der Waals surface area contributed by atoms with Crippen LogP contribution in [0.15, 0.2) is 29.3 Å². The van der Waals surface area contributed by atoms with Gasteiger partial charge in [0.25, 0.3) is 0 Å². The van der Waals surface area contributed by atoms with Crippen molar-refractivity contribution in [1.82, 2.24) is 0 Å². The molecule has 0 spiro atoms. The van der Waals surface area contributed by atoms with Crippen molar-refractivity contribution in [1.29, 1.82) is 5.26 Å².